The van der Waals surface area contributed by atoms with E-state index in [0.29, 0.717) is 17.0 Å². The molecule has 0 unspecified atom stereocenters. The third kappa shape index (κ3) is 2.61. The summed E-state index contributed by atoms with van der Waals surface area (Å²) < 4.78 is 37.7. The van der Waals surface area contributed by atoms with Crippen molar-refractivity contribution in [2.24, 2.45) is 0 Å². The van der Waals surface area contributed by atoms with Gasteiger partial charge in [0, 0.05) is 22.8 Å². The molecule has 1 aromatic carbocycles. The summed E-state index contributed by atoms with van der Waals surface area (Å²) in [6.45, 7) is 1.62. The van der Waals surface area contributed by atoms with E-state index in [-0.39, 0.29) is 12.2 Å². The lowest BCUT2D eigenvalue weighted by molar-refractivity contribution is -0.182. The van der Waals surface area contributed by atoms with Crippen molar-refractivity contribution in [1.82, 2.24) is 4.90 Å². The third-order valence-electron chi connectivity index (χ3n) is 3.00. The molecule has 0 spiro atoms. The van der Waals surface area contributed by atoms with Crippen LogP contribution in [0.3, 0.4) is 0 Å². The highest BCUT2D eigenvalue weighted by Gasteiger charge is 2.44. The molecule has 0 fully saturated rings. The average molecular weight is 290 g/mol. The van der Waals surface area contributed by atoms with Crippen molar-refractivity contribution in [3.8, 4) is 0 Å². The van der Waals surface area contributed by atoms with E-state index in [1.54, 1.807) is 25.1 Å². The van der Waals surface area contributed by atoms with Crippen molar-refractivity contribution in [1.29, 1.82) is 0 Å². The van der Waals surface area contributed by atoms with Crippen LogP contribution in [-0.4, -0.2) is 23.5 Å². The van der Waals surface area contributed by atoms with Gasteiger partial charge in [-0.3, -0.25) is 4.79 Å². The molecule has 0 saturated heterocycles. The number of allylic oxidation sites excluding steroid dienone is 1. The lowest BCUT2D eigenvalue weighted by atomic mass is 9.96. The number of rotatable bonds is 0. The Hall–Kier alpha value is -1.49. The molecule has 2 rings (SSSR count). The maximum absolute atomic E-state index is 12.6. The monoisotopic (exact) mass is 289 g/mol. The summed E-state index contributed by atoms with van der Waals surface area (Å²) in [5, 5.41) is 0.430. The van der Waals surface area contributed by atoms with Crippen molar-refractivity contribution in [3.63, 3.8) is 0 Å². The number of fused-ring (bicyclic) bond motifs is 1. The predicted molar refractivity (Wildman–Crippen MR) is 66.6 cm³/mol. The van der Waals surface area contributed by atoms with Gasteiger partial charge >= 0.3 is 12.1 Å². The third-order valence-corrected chi connectivity index (χ3v) is 3.24. The number of carbonyl (C=O) groups is 1. The standard InChI is InChI=1S/C13H11ClF3NO/c1-2-11-10-7-9(14)4-3-8(10)5-6-18(11)12(19)13(15,16)17/h2-4,7H,5-6H2,1H3. The Morgan fingerprint density at radius 1 is 1.42 bits per heavy atom. The van der Waals surface area contributed by atoms with Gasteiger partial charge in [-0.05, 0) is 31.0 Å². The predicted octanol–water partition coefficient (Wildman–Crippen LogP) is 3.65. The van der Waals surface area contributed by atoms with E-state index < -0.39 is 12.1 Å². The zero-order valence-corrected chi connectivity index (χ0v) is 10.8. The molecule has 1 heterocycles. The Kier molecular flexibility index (Phi) is 3.58. The maximum atomic E-state index is 12.6. The molecular formula is C13H11ClF3NO. The molecule has 0 aromatic heterocycles. The zero-order chi connectivity index (χ0) is 14.2. The van der Waals surface area contributed by atoms with Crippen LogP contribution in [0.5, 0.6) is 0 Å². The van der Waals surface area contributed by atoms with Crippen LogP contribution in [0.4, 0.5) is 13.2 Å². The molecule has 1 aliphatic heterocycles. The van der Waals surface area contributed by atoms with Crippen LogP contribution in [0.15, 0.2) is 24.3 Å². The number of benzene rings is 1. The zero-order valence-electron chi connectivity index (χ0n) is 10.1. The number of amides is 1. The van der Waals surface area contributed by atoms with Crippen LogP contribution < -0.4 is 0 Å². The van der Waals surface area contributed by atoms with E-state index in [2.05, 4.69) is 0 Å². The highest BCUT2D eigenvalue weighted by Crippen LogP contribution is 2.33. The SMILES string of the molecule is CC=C1c2cc(Cl)ccc2CCN1C(=O)C(F)(F)F. The first kappa shape index (κ1) is 13.9. The van der Waals surface area contributed by atoms with Gasteiger partial charge in [0.05, 0.1) is 0 Å². The second kappa shape index (κ2) is 4.89. The van der Waals surface area contributed by atoms with Crippen molar-refractivity contribution in [3.05, 3.63) is 40.4 Å². The lowest BCUT2D eigenvalue weighted by Crippen LogP contribution is -2.42. The van der Waals surface area contributed by atoms with Gasteiger partial charge < -0.3 is 4.90 Å². The Morgan fingerprint density at radius 2 is 2.11 bits per heavy atom. The first-order chi connectivity index (χ1) is 8.84. The van der Waals surface area contributed by atoms with E-state index in [1.165, 1.54) is 6.08 Å². The summed E-state index contributed by atoms with van der Waals surface area (Å²) in [5.74, 6) is -1.84. The summed E-state index contributed by atoms with van der Waals surface area (Å²) in [6.07, 6.45) is -2.99. The molecule has 0 aliphatic carbocycles. The number of alkyl halides is 3. The van der Waals surface area contributed by atoms with Crippen LogP contribution in [0, 0.1) is 0 Å². The van der Waals surface area contributed by atoms with E-state index in [1.807, 2.05) is 0 Å². The van der Waals surface area contributed by atoms with Crippen LogP contribution in [0.1, 0.15) is 18.1 Å². The average Bonchev–Trinajstić information content (AvgIpc) is 2.35. The Bertz CT molecular complexity index is 551. The minimum absolute atomic E-state index is 0.0205. The molecular weight excluding hydrogens is 279 g/mol. The molecule has 19 heavy (non-hydrogen) atoms. The Morgan fingerprint density at radius 3 is 2.68 bits per heavy atom. The molecule has 102 valence electrons. The number of halogens is 4. The quantitative estimate of drug-likeness (QED) is 0.714. The van der Waals surface area contributed by atoms with Crippen molar-refractivity contribution < 1.29 is 18.0 Å². The van der Waals surface area contributed by atoms with Crippen LogP contribution in [-0.2, 0) is 11.2 Å². The van der Waals surface area contributed by atoms with Gasteiger partial charge in [0.25, 0.3) is 0 Å². The van der Waals surface area contributed by atoms with Crippen molar-refractivity contribution in [2.45, 2.75) is 19.5 Å². The molecule has 2 nitrogen and oxygen atoms in total. The van der Waals surface area contributed by atoms with Crippen molar-refractivity contribution in [2.75, 3.05) is 6.54 Å². The summed E-state index contributed by atoms with van der Waals surface area (Å²) in [7, 11) is 0. The molecule has 1 aromatic rings. The van der Waals surface area contributed by atoms with Gasteiger partial charge in [0.2, 0.25) is 0 Å². The Labute approximate surface area is 113 Å². The first-order valence-corrected chi connectivity index (χ1v) is 6.06. The van der Waals surface area contributed by atoms with Gasteiger partial charge in [-0.2, -0.15) is 13.2 Å². The van der Waals surface area contributed by atoms with E-state index >= 15 is 0 Å². The number of hydrogen-bond donors (Lipinski definition) is 0. The second-order valence-electron chi connectivity index (χ2n) is 4.18. The molecule has 0 saturated carbocycles. The summed E-state index contributed by atoms with van der Waals surface area (Å²) >= 11 is 5.86. The fourth-order valence-corrected chi connectivity index (χ4v) is 2.35. The highest BCUT2D eigenvalue weighted by atomic mass is 35.5. The van der Waals surface area contributed by atoms with E-state index in [0.717, 1.165) is 10.5 Å². The second-order valence-corrected chi connectivity index (χ2v) is 4.62. The van der Waals surface area contributed by atoms with Gasteiger partial charge in [-0.1, -0.05) is 23.7 Å². The van der Waals surface area contributed by atoms with Crippen molar-refractivity contribution >= 4 is 23.2 Å². The minimum Gasteiger partial charge on any atom is -0.304 e. The van der Waals surface area contributed by atoms with E-state index in [9.17, 15) is 18.0 Å². The molecule has 0 N–H and O–H groups in total. The van der Waals surface area contributed by atoms with Gasteiger partial charge in [0.1, 0.15) is 0 Å². The summed E-state index contributed by atoms with van der Waals surface area (Å²) in [4.78, 5) is 12.2. The minimum atomic E-state index is -4.87. The van der Waals surface area contributed by atoms with Gasteiger partial charge in [-0.15, -0.1) is 0 Å². The van der Waals surface area contributed by atoms with Gasteiger partial charge in [0.15, 0.2) is 0 Å². The molecule has 0 atom stereocenters. The molecule has 1 amide bonds. The summed E-state index contributed by atoms with van der Waals surface area (Å²) in [6, 6.07) is 5.05. The molecule has 6 heteroatoms. The highest BCUT2D eigenvalue weighted by molar-refractivity contribution is 6.30. The van der Waals surface area contributed by atoms with Crippen LogP contribution >= 0.6 is 11.6 Å². The number of nitrogens with zero attached hydrogens (tertiary/aromatic N) is 1. The van der Waals surface area contributed by atoms with E-state index in [4.69, 9.17) is 11.6 Å². The topological polar surface area (TPSA) is 20.3 Å². The fourth-order valence-electron chi connectivity index (χ4n) is 2.18. The van der Waals surface area contributed by atoms with Crippen LogP contribution in [0.25, 0.3) is 5.70 Å². The van der Waals surface area contributed by atoms with Gasteiger partial charge in [-0.25, -0.2) is 0 Å². The first-order valence-electron chi connectivity index (χ1n) is 5.68. The summed E-state index contributed by atoms with van der Waals surface area (Å²) in [5.41, 5.74) is 1.73. The normalized spacial score (nSPS) is 17.5. The fraction of sp³-hybridized carbons (Fsp3) is 0.308. The molecule has 1 aliphatic rings. The largest absolute Gasteiger partial charge is 0.471 e. The molecule has 0 bridgehead atoms. The smallest absolute Gasteiger partial charge is 0.304 e. The molecule has 0 radical (unpaired) electrons. The number of carbonyl (C=O) groups excluding carboxylic acids is 1. The maximum Gasteiger partial charge on any atom is 0.471 e. The number of hydrogen-bond acceptors (Lipinski definition) is 1. The lowest BCUT2D eigenvalue weighted by Gasteiger charge is -2.32. The van der Waals surface area contributed by atoms with Crippen LogP contribution in [0.2, 0.25) is 5.02 Å². The Balaban J connectivity index is 2.45.